The summed E-state index contributed by atoms with van der Waals surface area (Å²) in [6, 6.07) is 11.3. The van der Waals surface area contributed by atoms with Crippen LogP contribution >= 0.6 is 0 Å². The fraction of sp³-hybridized carbons (Fsp3) is 0.391. The average molecular weight is 424 g/mol. The summed E-state index contributed by atoms with van der Waals surface area (Å²) in [5, 5.41) is 3.00. The molecule has 0 atom stereocenters. The molecular formula is C23H29N5O3. The van der Waals surface area contributed by atoms with Gasteiger partial charge in [0, 0.05) is 56.5 Å². The van der Waals surface area contributed by atoms with Crippen molar-refractivity contribution in [2.45, 2.75) is 6.42 Å². The molecule has 1 fully saturated rings. The Labute approximate surface area is 182 Å². The molecular weight excluding hydrogens is 394 g/mol. The van der Waals surface area contributed by atoms with E-state index in [2.05, 4.69) is 27.1 Å². The predicted molar refractivity (Wildman–Crippen MR) is 122 cm³/mol. The molecule has 4 rings (SSSR count). The number of methoxy groups -OCH3 is 2. The summed E-state index contributed by atoms with van der Waals surface area (Å²) >= 11 is 0. The Morgan fingerprint density at radius 2 is 1.77 bits per heavy atom. The summed E-state index contributed by atoms with van der Waals surface area (Å²) < 4.78 is 10.7. The number of amides is 1. The molecule has 1 aliphatic rings. The fourth-order valence-corrected chi connectivity index (χ4v) is 3.72. The van der Waals surface area contributed by atoms with Crippen LogP contribution in [0.5, 0.6) is 11.5 Å². The zero-order valence-corrected chi connectivity index (χ0v) is 18.3. The van der Waals surface area contributed by atoms with Gasteiger partial charge in [0.15, 0.2) is 0 Å². The number of hydrogen-bond acceptors (Lipinski definition) is 6. The van der Waals surface area contributed by atoms with Crippen LogP contribution in [-0.4, -0.2) is 79.7 Å². The zero-order chi connectivity index (χ0) is 21.8. The molecule has 2 heterocycles. The molecule has 164 valence electrons. The molecule has 0 unspecified atom stereocenters. The second kappa shape index (κ2) is 9.36. The average Bonchev–Trinajstić information content (AvgIpc) is 3.22. The topological polar surface area (TPSA) is 82.7 Å². The van der Waals surface area contributed by atoms with E-state index in [1.807, 2.05) is 36.4 Å². The Morgan fingerprint density at radius 3 is 2.45 bits per heavy atom. The second-order valence-electron chi connectivity index (χ2n) is 7.86. The van der Waals surface area contributed by atoms with Gasteiger partial charge in [0.2, 0.25) is 5.91 Å². The molecule has 2 aromatic carbocycles. The number of anilines is 1. The maximum Gasteiger partial charge on any atom is 0.225 e. The van der Waals surface area contributed by atoms with Gasteiger partial charge < -0.3 is 29.6 Å². The quantitative estimate of drug-likeness (QED) is 0.608. The normalized spacial score (nSPS) is 15.2. The highest BCUT2D eigenvalue weighted by molar-refractivity contribution is 5.93. The third-order valence-corrected chi connectivity index (χ3v) is 5.64. The molecule has 8 nitrogen and oxygen atoms in total. The van der Waals surface area contributed by atoms with Crippen molar-refractivity contribution >= 4 is 22.6 Å². The lowest BCUT2D eigenvalue weighted by Gasteiger charge is -2.32. The molecule has 8 heteroatoms. The number of H-pyrrole nitrogens is 1. The van der Waals surface area contributed by atoms with Crippen molar-refractivity contribution < 1.29 is 14.3 Å². The minimum absolute atomic E-state index is 0.0200. The summed E-state index contributed by atoms with van der Waals surface area (Å²) in [5.41, 5.74) is 3.29. The first-order valence-electron chi connectivity index (χ1n) is 10.5. The van der Waals surface area contributed by atoms with Crippen LogP contribution in [0.25, 0.3) is 22.4 Å². The van der Waals surface area contributed by atoms with E-state index < -0.39 is 0 Å². The van der Waals surface area contributed by atoms with Gasteiger partial charge in [-0.1, -0.05) is 0 Å². The van der Waals surface area contributed by atoms with E-state index in [0.717, 1.165) is 55.0 Å². The van der Waals surface area contributed by atoms with Gasteiger partial charge >= 0.3 is 0 Å². The number of hydrogen-bond donors (Lipinski definition) is 2. The number of aromatic nitrogens is 2. The van der Waals surface area contributed by atoms with Gasteiger partial charge in [-0.15, -0.1) is 0 Å². The Balaban J connectivity index is 1.43. The van der Waals surface area contributed by atoms with Crippen molar-refractivity contribution in [2.24, 2.45) is 0 Å². The van der Waals surface area contributed by atoms with E-state index in [0.29, 0.717) is 23.7 Å². The van der Waals surface area contributed by atoms with Crippen molar-refractivity contribution in [3.05, 3.63) is 36.4 Å². The SMILES string of the molecule is COc1cc(OC)cc(-c2nc3cc(NC(=O)CCN4CCN(C)CC4)ccc3[nH]2)c1. The van der Waals surface area contributed by atoms with E-state index in [9.17, 15) is 4.79 Å². The molecule has 31 heavy (non-hydrogen) atoms. The molecule has 0 radical (unpaired) electrons. The Morgan fingerprint density at radius 1 is 1.06 bits per heavy atom. The Hall–Kier alpha value is -3.10. The first kappa shape index (κ1) is 21.1. The summed E-state index contributed by atoms with van der Waals surface area (Å²) in [5.74, 6) is 2.13. The lowest BCUT2D eigenvalue weighted by Crippen LogP contribution is -2.45. The van der Waals surface area contributed by atoms with Crippen LogP contribution in [0, 0.1) is 0 Å². The highest BCUT2D eigenvalue weighted by Crippen LogP contribution is 2.30. The number of aromatic amines is 1. The van der Waals surface area contributed by atoms with Gasteiger partial charge in [-0.2, -0.15) is 0 Å². The van der Waals surface area contributed by atoms with E-state index in [4.69, 9.17) is 14.5 Å². The molecule has 0 aliphatic carbocycles. The summed E-state index contributed by atoms with van der Waals surface area (Å²) in [6.45, 7) is 4.92. The predicted octanol–water partition coefficient (Wildman–Crippen LogP) is 2.82. The van der Waals surface area contributed by atoms with Crippen LogP contribution in [-0.2, 0) is 4.79 Å². The maximum atomic E-state index is 12.4. The van der Waals surface area contributed by atoms with Gasteiger partial charge in [-0.05, 0) is 37.4 Å². The number of carbonyl (C=O) groups excluding carboxylic acids is 1. The highest BCUT2D eigenvalue weighted by atomic mass is 16.5. The molecule has 0 bridgehead atoms. The first-order chi connectivity index (χ1) is 15.0. The number of fused-ring (bicyclic) bond motifs is 1. The molecule has 3 aromatic rings. The van der Waals surface area contributed by atoms with E-state index >= 15 is 0 Å². The first-order valence-corrected chi connectivity index (χ1v) is 10.5. The maximum absolute atomic E-state index is 12.4. The molecule has 0 spiro atoms. The van der Waals surface area contributed by atoms with Crippen molar-refractivity contribution in [1.82, 2.24) is 19.8 Å². The van der Waals surface area contributed by atoms with Crippen LogP contribution in [0.3, 0.4) is 0 Å². The van der Waals surface area contributed by atoms with E-state index in [-0.39, 0.29) is 5.91 Å². The number of benzene rings is 2. The number of piperazine rings is 1. The van der Waals surface area contributed by atoms with Crippen LogP contribution < -0.4 is 14.8 Å². The zero-order valence-electron chi connectivity index (χ0n) is 18.3. The minimum atomic E-state index is 0.0200. The standard InChI is InChI=1S/C23H29N5O3/c1-27-8-10-28(11-9-27)7-6-22(29)24-17-4-5-20-21(14-17)26-23(25-20)16-12-18(30-2)15-19(13-16)31-3/h4-5,12-15H,6-11H2,1-3H3,(H,24,29)(H,25,26). The van der Waals surface area contributed by atoms with Crippen LogP contribution in [0.15, 0.2) is 36.4 Å². The summed E-state index contributed by atoms with van der Waals surface area (Å²) in [4.78, 5) is 25.1. The molecule has 2 N–H and O–H groups in total. The van der Waals surface area contributed by atoms with Gasteiger partial charge in [0.1, 0.15) is 17.3 Å². The monoisotopic (exact) mass is 423 g/mol. The van der Waals surface area contributed by atoms with Gasteiger partial charge in [-0.3, -0.25) is 4.79 Å². The molecule has 0 saturated carbocycles. The third kappa shape index (κ3) is 5.15. The van der Waals surface area contributed by atoms with Crippen molar-refractivity contribution in [2.75, 3.05) is 59.3 Å². The number of ether oxygens (including phenoxy) is 2. The molecule has 1 amide bonds. The van der Waals surface area contributed by atoms with Gasteiger partial charge in [-0.25, -0.2) is 4.98 Å². The van der Waals surface area contributed by atoms with E-state index in [1.165, 1.54) is 0 Å². The van der Waals surface area contributed by atoms with Crippen LogP contribution in [0.2, 0.25) is 0 Å². The van der Waals surface area contributed by atoms with Crippen molar-refractivity contribution in [3.8, 4) is 22.9 Å². The highest BCUT2D eigenvalue weighted by Gasteiger charge is 2.15. The molecule has 1 aromatic heterocycles. The smallest absolute Gasteiger partial charge is 0.225 e. The van der Waals surface area contributed by atoms with Gasteiger partial charge in [0.25, 0.3) is 0 Å². The Bertz CT molecular complexity index is 1030. The summed E-state index contributed by atoms with van der Waals surface area (Å²) in [6.07, 6.45) is 0.483. The van der Waals surface area contributed by atoms with Gasteiger partial charge in [0.05, 0.1) is 25.3 Å². The molecule has 1 saturated heterocycles. The number of carbonyl (C=O) groups is 1. The number of imidazole rings is 1. The number of rotatable bonds is 7. The second-order valence-corrected chi connectivity index (χ2v) is 7.86. The lowest BCUT2D eigenvalue weighted by atomic mass is 10.2. The van der Waals surface area contributed by atoms with Crippen LogP contribution in [0.4, 0.5) is 5.69 Å². The third-order valence-electron chi connectivity index (χ3n) is 5.64. The number of likely N-dealkylation sites (N-methyl/N-ethyl adjacent to an activating group) is 1. The van der Waals surface area contributed by atoms with Crippen molar-refractivity contribution in [3.63, 3.8) is 0 Å². The lowest BCUT2D eigenvalue weighted by molar-refractivity contribution is -0.116. The van der Waals surface area contributed by atoms with Crippen LogP contribution in [0.1, 0.15) is 6.42 Å². The van der Waals surface area contributed by atoms with Crippen molar-refractivity contribution in [1.29, 1.82) is 0 Å². The minimum Gasteiger partial charge on any atom is -0.497 e. The molecule has 1 aliphatic heterocycles. The number of nitrogens with zero attached hydrogens (tertiary/aromatic N) is 3. The largest absolute Gasteiger partial charge is 0.497 e. The fourth-order valence-electron chi connectivity index (χ4n) is 3.72. The van der Waals surface area contributed by atoms with E-state index in [1.54, 1.807) is 14.2 Å². The Kier molecular flexibility index (Phi) is 6.39. The summed E-state index contributed by atoms with van der Waals surface area (Å²) in [7, 11) is 5.37. The number of nitrogens with one attached hydrogen (secondary N) is 2.